The molecule has 0 bridgehead atoms. The molecule has 4 heteroatoms. The number of nitrogens with one attached hydrogen (secondary N) is 2. The fraction of sp³-hybridized carbons (Fsp3) is 0.533. The predicted octanol–water partition coefficient (Wildman–Crippen LogP) is 1.80. The summed E-state index contributed by atoms with van der Waals surface area (Å²) < 4.78 is 5.50. The number of hydrogen-bond acceptors (Lipinski definition) is 3. The van der Waals surface area contributed by atoms with Gasteiger partial charge in [-0.25, -0.2) is 0 Å². The minimum atomic E-state index is -0.0849. The van der Waals surface area contributed by atoms with Crippen molar-refractivity contribution >= 4 is 5.91 Å². The van der Waals surface area contributed by atoms with E-state index in [1.807, 2.05) is 32.0 Å². The number of carbonyl (C=O) groups excluding carboxylic acids is 1. The van der Waals surface area contributed by atoms with E-state index in [9.17, 15) is 4.79 Å². The third-order valence-electron chi connectivity index (χ3n) is 2.74. The van der Waals surface area contributed by atoms with Gasteiger partial charge in [-0.05, 0) is 38.4 Å². The molecule has 0 aliphatic rings. The monoisotopic (exact) mass is 264 g/mol. The summed E-state index contributed by atoms with van der Waals surface area (Å²) in [5.41, 5.74) is 2.24. The zero-order valence-corrected chi connectivity index (χ0v) is 12.1. The van der Waals surface area contributed by atoms with Gasteiger partial charge in [0.2, 0.25) is 0 Å². The minimum absolute atomic E-state index is 0.0671. The molecule has 0 unspecified atom stereocenters. The molecule has 1 rings (SSSR count). The fourth-order valence-electron chi connectivity index (χ4n) is 1.75. The van der Waals surface area contributed by atoms with Gasteiger partial charge in [0.05, 0.1) is 0 Å². The van der Waals surface area contributed by atoms with Crippen molar-refractivity contribution in [3.8, 4) is 5.75 Å². The summed E-state index contributed by atoms with van der Waals surface area (Å²) in [6.07, 6.45) is 1.10. The molecule has 0 saturated carbocycles. The van der Waals surface area contributed by atoms with E-state index in [0.717, 1.165) is 30.8 Å². The Morgan fingerprint density at radius 3 is 2.68 bits per heavy atom. The predicted molar refractivity (Wildman–Crippen MR) is 77.6 cm³/mol. The van der Waals surface area contributed by atoms with Gasteiger partial charge in [-0.2, -0.15) is 0 Å². The number of rotatable bonds is 8. The summed E-state index contributed by atoms with van der Waals surface area (Å²) in [5, 5.41) is 6.04. The molecule has 0 aliphatic heterocycles. The second-order valence-electron chi connectivity index (χ2n) is 4.66. The number of amides is 1. The summed E-state index contributed by atoms with van der Waals surface area (Å²) >= 11 is 0. The maximum Gasteiger partial charge on any atom is 0.257 e. The van der Waals surface area contributed by atoms with Crippen LogP contribution >= 0.6 is 0 Å². The first-order valence-electron chi connectivity index (χ1n) is 6.81. The third kappa shape index (κ3) is 6.25. The van der Waals surface area contributed by atoms with Gasteiger partial charge in [0.25, 0.3) is 5.91 Å². The highest BCUT2D eigenvalue weighted by Gasteiger charge is 2.04. The molecule has 1 aromatic carbocycles. The summed E-state index contributed by atoms with van der Waals surface area (Å²) in [6, 6.07) is 5.93. The summed E-state index contributed by atoms with van der Waals surface area (Å²) in [4.78, 5) is 11.6. The number of ether oxygens (including phenoxy) is 1. The standard InChI is InChI=1S/C15H24N2O2/c1-4-7-16-8-9-17-15(18)11-19-14-6-5-12(2)10-13(14)3/h5-6,10,16H,4,7-9,11H2,1-3H3,(H,17,18). The van der Waals surface area contributed by atoms with E-state index in [-0.39, 0.29) is 12.5 Å². The van der Waals surface area contributed by atoms with Crippen LogP contribution in [-0.2, 0) is 4.79 Å². The molecule has 0 aromatic heterocycles. The third-order valence-corrected chi connectivity index (χ3v) is 2.74. The van der Waals surface area contributed by atoms with Gasteiger partial charge in [0.1, 0.15) is 5.75 Å². The Bertz CT molecular complexity index is 405. The molecule has 0 fully saturated rings. The molecular formula is C15H24N2O2. The fourth-order valence-corrected chi connectivity index (χ4v) is 1.75. The van der Waals surface area contributed by atoms with Crippen molar-refractivity contribution in [1.82, 2.24) is 10.6 Å². The Balaban J connectivity index is 2.22. The van der Waals surface area contributed by atoms with Gasteiger partial charge in [-0.15, -0.1) is 0 Å². The first kappa shape index (κ1) is 15.5. The Morgan fingerprint density at radius 1 is 1.21 bits per heavy atom. The van der Waals surface area contributed by atoms with Gasteiger partial charge >= 0.3 is 0 Å². The molecule has 0 aliphatic carbocycles. The van der Waals surface area contributed by atoms with Crippen LogP contribution in [0.3, 0.4) is 0 Å². The Hall–Kier alpha value is -1.55. The second kappa shape index (κ2) is 8.53. The maximum absolute atomic E-state index is 11.6. The summed E-state index contributed by atoms with van der Waals surface area (Å²) in [5.74, 6) is 0.683. The molecule has 106 valence electrons. The van der Waals surface area contributed by atoms with Crippen molar-refractivity contribution in [1.29, 1.82) is 0 Å². The van der Waals surface area contributed by atoms with Crippen molar-refractivity contribution in [3.05, 3.63) is 29.3 Å². The lowest BCUT2D eigenvalue weighted by molar-refractivity contribution is -0.123. The normalized spacial score (nSPS) is 10.3. The van der Waals surface area contributed by atoms with Crippen molar-refractivity contribution in [2.75, 3.05) is 26.2 Å². The molecule has 0 saturated heterocycles. The summed E-state index contributed by atoms with van der Waals surface area (Å²) in [6.45, 7) is 8.61. The molecule has 0 spiro atoms. The van der Waals surface area contributed by atoms with Crippen molar-refractivity contribution in [2.45, 2.75) is 27.2 Å². The van der Waals surface area contributed by atoms with Gasteiger partial charge < -0.3 is 15.4 Å². The smallest absolute Gasteiger partial charge is 0.257 e. The van der Waals surface area contributed by atoms with Crippen LogP contribution in [-0.4, -0.2) is 32.1 Å². The van der Waals surface area contributed by atoms with Crippen molar-refractivity contribution < 1.29 is 9.53 Å². The minimum Gasteiger partial charge on any atom is -0.484 e. The van der Waals surface area contributed by atoms with Crippen LogP contribution < -0.4 is 15.4 Å². The number of benzene rings is 1. The van der Waals surface area contributed by atoms with Crippen molar-refractivity contribution in [3.63, 3.8) is 0 Å². The van der Waals surface area contributed by atoms with E-state index in [4.69, 9.17) is 4.74 Å². The van der Waals surface area contributed by atoms with E-state index < -0.39 is 0 Å². The summed E-state index contributed by atoms with van der Waals surface area (Å²) in [7, 11) is 0. The quantitative estimate of drug-likeness (QED) is 0.704. The molecular weight excluding hydrogens is 240 g/mol. The highest BCUT2D eigenvalue weighted by atomic mass is 16.5. The maximum atomic E-state index is 11.6. The van der Waals surface area contributed by atoms with Crippen LogP contribution in [0.4, 0.5) is 0 Å². The van der Waals surface area contributed by atoms with Crippen LogP contribution in [0, 0.1) is 13.8 Å². The van der Waals surface area contributed by atoms with Crippen LogP contribution in [0.2, 0.25) is 0 Å². The Morgan fingerprint density at radius 2 is 2.00 bits per heavy atom. The molecule has 4 nitrogen and oxygen atoms in total. The zero-order chi connectivity index (χ0) is 14.1. The lowest BCUT2D eigenvalue weighted by Crippen LogP contribution is -2.35. The Labute approximate surface area is 115 Å². The average molecular weight is 264 g/mol. The van der Waals surface area contributed by atoms with Gasteiger partial charge in [-0.3, -0.25) is 4.79 Å². The van der Waals surface area contributed by atoms with E-state index in [0.29, 0.717) is 6.54 Å². The SMILES string of the molecule is CCCNCCNC(=O)COc1ccc(C)cc1C. The molecule has 0 heterocycles. The van der Waals surface area contributed by atoms with Gasteiger partial charge in [0.15, 0.2) is 6.61 Å². The first-order chi connectivity index (χ1) is 9.13. The molecule has 0 radical (unpaired) electrons. The van der Waals surface area contributed by atoms with E-state index in [1.165, 1.54) is 5.56 Å². The molecule has 1 aromatic rings. The van der Waals surface area contributed by atoms with Crippen LogP contribution in [0.1, 0.15) is 24.5 Å². The highest BCUT2D eigenvalue weighted by molar-refractivity contribution is 5.77. The van der Waals surface area contributed by atoms with Crippen LogP contribution in [0.5, 0.6) is 5.75 Å². The van der Waals surface area contributed by atoms with Gasteiger partial charge in [0, 0.05) is 13.1 Å². The zero-order valence-electron chi connectivity index (χ0n) is 12.1. The molecule has 1 amide bonds. The lowest BCUT2D eigenvalue weighted by Gasteiger charge is -2.10. The molecule has 2 N–H and O–H groups in total. The average Bonchev–Trinajstić information content (AvgIpc) is 2.37. The lowest BCUT2D eigenvalue weighted by atomic mass is 10.1. The van der Waals surface area contributed by atoms with Crippen molar-refractivity contribution in [2.24, 2.45) is 0 Å². The van der Waals surface area contributed by atoms with Crippen LogP contribution in [0.25, 0.3) is 0 Å². The van der Waals surface area contributed by atoms with E-state index in [2.05, 4.69) is 17.6 Å². The number of carbonyl (C=O) groups is 1. The van der Waals surface area contributed by atoms with Gasteiger partial charge in [-0.1, -0.05) is 24.6 Å². The largest absolute Gasteiger partial charge is 0.484 e. The first-order valence-corrected chi connectivity index (χ1v) is 6.81. The Kier molecular flexibility index (Phi) is 6.97. The molecule has 19 heavy (non-hydrogen) atoms. The second-order valence-corrected chi connectivity index (χ2v) is 4.66. The van der Waals surface area contributed by atoms with E-state index >= 15 is 0 Å². The van der Waals surface area contributed by atoms with E-state index in [1.54, 1.807) is 0 Å². The highest BCUT2D eigenvalue weighted by Crippen LogP contribution is 2.18. The number of aryl methyl sites for hydroxylation is 2. The topological polar surface area (TPSA) is 50.4 Å². The van der Waals surface area contributed by atoms with Crippen LogP contribution in [0.15, 0.2) is 18.2 Å². The molecule has 0 atom stereocenters. The number of hydrogen-bond donors (Lipinski definition) is 2.